The lowest BCUT2D eigenvalue weighted by Gasteiger charge is -2.10. The molecule has 1 atom stereocenters. The number of hydrogen-bond donors (Lipinski definition) is 1. The monoisotopic (exact) mass is 281 g/mol. The molecular formula is C12H12BrNS. The van der Waals surface area contributed by atoms with Gasteiger partial charge in [0.2, 0.25) is 0 Å². The van der Waals surface area contributed by atoms with Crippen molar-refractivity contribution < 1.29 is 0 Å². The summed E-state index contributed by atoms with van der Waals surface area (Å²) in [6, 6.07) is 12.4. The maximum absolute atomic E-state index is 6.14. The molecule has 0 fully saturated rings. The maximum atomic E-state index is 6.14. The van der Waals surface area contributed by atoms with Gasteiger partial charge in [-0.3, -0.25) is 0 Å². The third-order valence-corrected chi connectivity index (χ3v) is 4.27. The van der Waals surface area contributed by atoms with E-state index in [9.17, 15) is 0 Å². The summed E-state index contributed by atoms with van der Waals surface area (Å²) in [4.78, 5) is 1.31. The van der Waals surface area contributed by atoms with Gasteiger partial charge in [-0.1, -0.05) is 30.3 Å². The van der Waals surface area contributed by atoms with Gasteiger partial charge in [0.1, 0.15) is 0 Å². The predicted octanol–water partition coefficient (Wildman–Crippen LogP) is 3.75. The van der Waals surface area contributed by atoms with Gasteiger partial charge in [0.15, 0.2) is 0 Å². The first-order valence-electron chi connectivity index (χ1n) is 4.80. The Hall–Kier alpha value is -0.640. The van der Waals surface area contributed by atoms with Crippen LogP contribution in [0.25, 0.3) is 0 Å². The van der Waals surface area contributed by atoms with Crippen LogP contribution in [0, 0.1) is 0 Å². The Balaban J connectivity index is 2.11. The SMILES string of the molecule is NC(Cc1sccc1Br)c1ccccc1. The van der Waals surface area contributed by atoms with Crippen molar-refractivity contribution in [2.24, 2.45) is 5.73 Å². The van der Waals surface area contributed by atoms with Gasteiger partial charge in [0.05, 0.1) is 0 Å². The first-order chi connectivity index (χ1) is 7.27. The average molecular weight is 282 g/mol. The number of nitrogens with two attached hydrogens (primary N) is 1. The fourth-order valence-electron chi connectivity index (χ4n) is 1.49. The van der Waals surface area contributed by atoms with E-state index < -0.39 is 0 Å². The van der Waals surface area contributed by atoms with Gasteiger partial charge in [-0.2, -0.15) is 0 Å². The first-order valence-corrected chi connectivity index (χ1v) is 6.47. The van der Waals surface area contributed by atoms with Gasteiger partial charge in [0.25, 0.3) is 0 Å². The lowest BCUT2D eigenvalue weighted by atomic mass is 10.0. The van der Waals surface area contributed by atoms with Crippen LogP contribution in [0.3, 0.4) is 0 Å². The normalized spacial score (nSPS) is 12.7. The van der Waals surface area contributed by atoms with Crippen molar-refractivity contribution >= 4 is 27.3 Å². The summed E-state index contributed by atoms with van der Waals surface area (Å²) in [5.74, 6) is 0. The van der Waals surface area contributed by atoms with Crippen molar-refractivity contribution in [3.8, 4) is 0 Å². The van der Waals surface area contributed by atoms with Crippen LogP contribution in [0.4, 0.5) is 0 Å². The third kappa shape index (κ3) is 2.68. The molecule has 0 amide bonds. The second-order valence-electron chi connectivity index (χ2n) is 3.41. The molecule has 1 nitrogen and oxygen atoms in total. The quantitative estimate of drug-likeness (QED) is 0.911. The molecule has 0 saturated carbocycles. The summed E-state index contributed by atoms with van der Waals surface area (Å²) in [6.45, 7) is 0. The zero-order chi connectivity index (χ0) is 10.7. The van der Waals surface area contributed by atoms with Crippen LogP contribution < -0.4 is 5.73 Å². The van der Waals surface area contributed by atoms with Gasteiger partial charge in [0, 0.05) is 21.8 Å². The number of rotatable bonds is 3. The smallest absolute Gasteiger partial charge is 0.0344 e. The Labute approximate surface area is 102 Å². The van der Waals surface area contributed by atoms with E-state index in [0.717, 1.165) is 6.42 Å². The molecule has 0 aliphatic heterocycles. The Bertz CT molecular complexity index is 424. The van der Waals surface area contributed by atoms with Crippen molar-refractivity contribution in [3.05, 3.63) is 56.7 Å². The van der Waals surface area contributed by atoms with E-state index in [1.165, 1.54) is 14.9 Å². The topological polar surface area (TPSA) is 26.0 Å². The van der Waals surface area contributed by atoms with Crippen molar-refractivity contribution in [2.45, 2.75) is 12.5 Å². The summed E-state index contributed by atoms with van der Waals surface area (Å²) >= 11 is 5.27. The molecule has 0 aliphatic carbocycles. The minimum absolute atomic E-state index is 0.0844. The van der Waals surface area contributed by atoms with Crippen LogP contribution >= 0.6 is 27.3 Å². The minimum atomic E-state index is 0.0844. The fourth-order valence-corrected chi connectivity index (χ4v) is 3.06. The summed E-state index contributed by atoms with van der Waals surface area (Å²) in [5, 5.41) is 2.08. The summed E-state index contributed by atoms with van der Waals surface area (Å²) in [6.07, 6.45) is 0.891. The average Bonchev–Trinajstić information content (AvgIpc) is 2.66. The van der Waals surface area contributed by atoms with Gasteiger partial charge < -0.3 is 5.73 Å². The highest BCUT2D eigenvalue weighted by molar-refractivity contribution is 9.10. The van der Waals surface area contributed by atoms with Crippen molar-refractivity contribution in [3.63, 3.8) is 0 Å². The standard InChI is InChI=1S/C12H12BrNS/c13-10-6-7-15-12(10)8-11(14)9-4-2-1-3-5-9/h1-7,11H,8,14H2. The molecule has 0 saturated heterocycles. The largest absolute Gasteiger partial charge is 0.324 e. The van der Waals surface area contributed by atoms with Crippen LogP contribution in [0.15, 0.2) is 46.3 Å². The minimum Gasteiger partial charge on any atom is -0.324 e. The highest BCUT2D eigenvalue weighted by Gasteiger charge is 2.09. The molecule has 0 spiro atoms. The summed E-state index contributed by atoms with van der Waals surface area (Å²) in [7, 11) is 0. The predicted molar refractivity (Wildman–Crippen MR) is 69.1 cm³/mol. The molecule has 1 unspecified atom stereocenters. The molecule has 2 aromatic rings. The summed E-state index contributed by atoms with van der Waals surface area (Å²) in [5.41, 5.74) is 7.33. The Morgan fingerprint density at radius 3 is 2.53 bits per heavy atom. The second-order valence-corrected chi connectivity index (χ2v) is 5.27. The maximum Gasteiger partial charge on any atom is 0.0344 e. The lowest BCUT2D eigenvalue weighted by Crippen LogP contribution is -2.12. The zero-order valence-electron chi connectivity index (χ0n) is 8.19. The molecule has 1 aromatic carbocycles. The third-order valence-electron chi connectivity index (χ3n) is 2.32. The number of halogens is 1. The molecule has 0 aliphatic rings. The Morgan fingerprint density at radius 2 is 1.93 bits per heavy atom. The van der Waals surface area contributed by atoms with Crippen molar-refractivity contribution in [2.75, 3.05) is 0 Å². The van der Waals surface area contributed by atoms with E-state index in [-0.39, 0.29) is 6.04 Å². The zero-order valence-corrected chi connectivity index (χ0v) is 10.6. The van der Waals surface area contributed by atoms with E-state index in [2.05, 4.69) is 39.5 Å². The molecule has 0 radical (unpaired) electrons. The van der Waals surface area contributed by atoms with Crippen molar-refractivity contribution in [1.82, 2.24) is 0 Å². The van der Waals surface area contributed by atoms with Crippen LogP contribution in [-0.2, 0) is 6.42 Å². The molecule has 2 N–H and O–H groups in total. The molecule has 1 heterocycles. The van der Waals surface area contributed by atoms with Gasteiger partial charge in [-0.25, -0.2) is 0 Å². The van der Waals surface area contributed by atoms with E-state index in [0.29, 0.717) is 0 Å². The highest BCUT2D eigenvalue weighted by Crippen LogP contribution is 2.27. The van der Waals surface area contributed by atoms with Crippen molar-refractivity contribution in [1.29, 1.82) is 0 Å². The fraction of sp³-hybridized carbons (Fsp3) is 0.167. The van der Waals surface area contributed by atoms with Crippen LogP contribution in [0.1, 0.15) is 16.5 Å². The van der Waals surface area contributed by atoms with Crippen LogP contribution in [0.2, 0.25) is 0 Å². The molecule has 78 valence electrons. The van der Waals surface area contributed by atoms with E-state index in [4.69, 9.17) is 5.73 Å². The molecule has 15 heavy (non-hydrogen) atoms. The van der Waals surface area contributed by atoms with Crippen LogP contribution in [0.5, 0.6) is 0 Å². The summed E-state index contributed by atoms with van der Waals surface area (Å²) < 4.78 is 1.17. The first kappa shape index (κ1) is 10.9. The van der Waals surface area contributed by atoms with E-state index >= 15 is 0 Å². The number of hydrogen-bond acceptors (Lipinski definition) is 2. The number of thiophene rings is 1. The van der Waals surface area contributed by atoms with Crippen LogP contribution in [-0.4, -0.2) is 0 Å². The molecule has 0 bridgehead atoms. The highest BCUT2D eigenvalue weighted by atomic mass is 79.9. The Morgan fingerprint density at radius 1 is 1.20 bits per heavy atom. The Kier molecular flexibility index (Phi) is 3.57. The van der Waals surface area contributed by atoms with E-state index in [1.54, 1.807) is 11.3 Å². The molecule has 3 heteroatoms. The lowest BCUT2D eigenvalue weighted by molar-refractivity contribution is 0.728. The second kappa shape index (κ2) is 4.92. The van der Waals surface area contributed by atoms with Gasteiger partial charge in [-0.05, 0) is 32.9 Å². The van der Waals surface area contributed by atoms with Gasteiger partial charge in [-0.15, -0.1) is 11.3 Å². The van der Waals surface area contributed by atoms with E-state index in [1.807, 2.05) is 18.2 Å². The molecule has 2 rings (SSSR count). The molecular weight excluding hydrogens is 270 g/mol. The number of benzene rings is 1. The van der Waals surface area contributed by atoms with Gasteiger partial charge >= 0.3 is 0 Å². The molecule has 1 aromatic heterocycles.